The highest BCUT2D eigenvalue weighted by atomic mass is 16.5. The molecule has 2 heterocycles. The molecular weight excluding hydrogens is 206 g/mol. The van der Waals surface area contributed by atoms with E-state index in [0.29, 0.717) is 12.6 Å². The van der Waals surface area contributed by atoms with E-state index in [1.54, 1.807) is 0 Å². The number of hydrogen-bond donors (Lipinski definition) is 2. The van der Waals surface area contributed by atoms with E-state index in [1.165, 1.54) is 0 Å². The fourth-order valence-corrected chi connectivity index (χ4v) is 2.63. The van der Waals surface area contributed by atoms with E-state index in [0.717, 1.165) is 45.5 Å². The van der Waals surface area contributed by atoms with Crippen LogP contribution in [0.2, 0.25) is 0 Å². The van der Waals surface area contributed by atoms with Crippen LogP contribution in [0.1, 0.15) is 32.6 Å². The molecule has 0 aromatic carbocycles. The molecule has 0 aliphatic carbocycles. The van der Waals surface area contributed by atoms with Gasteiger partial charge in [0.15, 0.2) is 0 Å². The first-order valence-corrected chi connectivity index (χ1v) is 6.33. The SMILES string of the molecule is CC(O)CNC1CCOC2(CCOCC2)C1. The largest absolute Gasteiger partial charge is 0.392 e. The normalized spacial score (nSPS) is 31.5. The van der Waals surface area contributed by atoms with Crippen molar-refractivity contribution in [1.82, 2.24) is 5.32 Å². The van der Waals surface area contributed by atoms with Gasteiger partial charge >= 0.3 is 0 Å². The van der Waals surface area contributed by atoms with Crippen LogP contribution in [0.4, 0.5) is 0 Å². The van der Waals surface area contributed by atoms with Crippen molar-refractivity contribution in [3.63, 3.8) is 0 Å². The van der Waals surface area contributed by atoms with Crippen LogP contribution < -0.4 is 5.32 Å². The van der Waals surface area contributed by atoms with Crippen LogP contribution in [0.3, 0.4) is 0 Å². The van der Waals surface area contributed by atoms with Gasteiger partial charge in [-0.05, 0) is 32.6 Å². The lowest BCUT2D eigenvalue weighted by atomic mass is 9.84. The van der Waals surface area contributed by atoms with Crippen LogP contribution in [-0.4, -0.2) is 49.2 Å². The summed E-state index contributed by atoms with van der Waals surface area (Å²) in [6.45, 7) is 4.97. The smallest absolute Gasteiger partial charge is 0.0741 e. The third-order valence-corrected chi connectivity index (χ3v) is 3.60. The monoisotopic (exact) mass is 229 g/mol. The molecule has 1 spiro atoms. The quantitative estimate of drug-likeness (QED) is 0.747. The van der Waals surface area contributed by atoms with Crippen LogP contribution in [0.5, 0.6) is 0 Å². The first-order chi connectivity index (χ1) is 7.70. The predicted octanol–water partition coefficient (Wildman–Crippen LogP) is 0.685. The number of rotatable bonds is 3. The third kappa shape index (κ3) is 3.17. The molecule has 4 heteroatoms. The van der Waals surface area contributed by atoms with Crippen molar-refractivity contribution < 1.29 is 14.6 Å². The second kappa shape index (κ2) is 5.45. The molecule has 2 fully saturated rings. The molecule has 2 aliphatic rings. The fraction of sp³-hybridized carbons (Fsp3) is 1.00. The number of hydrogen-bond acceptors (Lipinski definition) is 4. The van der Waals surface area contributed by atoms with Gasteiger partial charge in [0.05, 0.1) is 11.7 Å². The van der Waals surface area contributed by atoms with Crippen molar-refractivity contribution in [3.05, 3.63) is 0 Å². The topological polar surface area (TPSA) is 50.7 Å². The maximum Gasteiger partial charge on any atom is 0.0741 e. The molecule has 0 saturated carbocycles. The van der Waals surface area contributed by atoms with E-state index in [9.17, 15) is 5.11 Å². The lowest BCUT2D eigenvalue weighted by molar-refractivity contribution is -0.140. The Morgan fingerprint density at radius 1 is 1.38 bits per heavy atom. The van der Waals surface area contributed by atoms with E-state index in [-0.39, 0.29) is 11.7 Å². The van der Waals surface area contributed by atoms with E-state index >= 15 is 0 Å². The van der Waals surface area contributed by atoms with Crippen molar-refractivity contribution >= 4 is 0 Å². The van der Waals surface area contributed by atoms with Gasteiger partial charge in [0, 0.05) is 32.4 Å². The van der Waals surface area contributed by atoms with Gasteiger partial charge in [0.25, 0.3) is 0 Å². The molecule has 2 aliphatic heterocycles. The van der Waals surface area contributed by atoms with Crippen molar-refractivity contribution in [2.45, 2.75) is 50.4 Å². The molecule has 0 bridgehead atoms. The Hall–Kier alpha value is -0.160. The maximum absolute atomic E-state index is 9.27. The Labute approximate surface area is 97.3 Å². The van der Waals surface area contributed by atoms with Crippen molar-refractivity contribution in [1.29, 1.82) is 0 Å². The maximum atomic E-state index is 9.27. The van der Waals surface area contributed by atoms with Crippen LogP contribution >= 0.6 is 0 Å². The van der Waals surface area contributed by atoms with Crippen molar-refractivity contribution in [2.75, 3.05) is 26.4 Å². The standard InChI is InChI=1S/C12H23NO3/c1-10(14)9-13-11-2-5-16-12(8-11)3-6-15-7-4-12/h10-11,13-14H,2-9H2,1H3. The molecule has 0 amide bonds. The van der Waals surface area contributed by atoms with Crippen LogP contribution in [-0.2, 0) is 9.47 Å². The Balaban J connectivity index is 1.83. The minimum atomic E-state index is -0.270. The summed E-state index contributed by atoms with van der Waals surface area (Å²) in [5.74, 6) is 0. The zero-order valence-corrected chi connectivity index (χ0v) is 10.1. The molecule has 16 heavy (non-hydrogen) atoms. The van der Waals surface area contributed by atoms with E-state index in [4.69, 9.17) is 9.47 Å². The van der Waals surface area contributed by atoms with Gasteiger partial charge in [-0.1, -0.05) is 0 Å². The Bertz CT molecular complexity index is 209. The van der Waals surface area contributed by atoms with Gasteiger partial charge in [-0.3, -0.25) is 0 Å². The first kappa shape index (κ1) is 12.3. The van der Waals surface area contributed by atoms with Gasteiger partial charge in [-0.2, -0.15) is 0 Å². The van der Waals surface area contributed by atoms with Gasteiger partial charge in [0.1, 0.15) is 0 Å². The third-order valence-electron chi connectivity index (χ3n) is 3.60. The average Bonchev–Trinajstić information content (AvgIpc) is 2.28. The first-order valence-electron chi connectivity index (χ1n) is 6.33. The summed E-state index contributed by atoms with van der Waals surface area (Å²) in [7, 11) is 0. The molecule has 2 N–H and O–H groups in total. The molecule has 2 rings (SSSR count). The minimum Gasteiger partial charge on any atom is -0.392 e. The van der Waals surface area contributed by atoms with Crippen molar-refractivity contribution in [2.24, 2.45) is 0 Å². The number of aliphatic hydroxyl groups is 1. The fourth-order valence-electron chi connectivity index (χ4n) is 2.63. The molecule has 0 aromatic heterocycles. The Morgan fingerprint density at radius 3 is 2.81 bits per heavy atom. The lowest BCUT2D eigenvalue weighted by Crippen LogP contribution is -2.50. The average molecular weight is 229 g/mol. The summed E-state index contributed by atoms with van der Waals surface area (Å²) < 4.78 is 11.4. The van der Waals surface area contributed by atoms with Gasteiger partial charge in [-0.15, -0.1) is 0 Å². The summed E-state index contributed by atoms with van der Waals surface area (Å²) >= 11 is 0. The zero-order valence-electron chi connectivity index (χ0n) is 10.1. The number of nitrogens with one attached hydrogen (secondary N) is 1. The Kier molecular flexibility index (Phi) is 4.19. The van der Waals surface area contributed by atoms with E-state index < -0.39 is 0 Å². The zero-order chi connectivity index (χ0) is 11.4. The van der Waals surface area contributed by atoms with Gasteiger partial charge in [0.2, 0.25) is 0 Å². The molecule has 0 aromatic rings. The molecular formula is C12H23NO3. The summed E-state index contributed by atoms with van der Waals surface area (Å²) in [6, 6.07) is 0.487. The van der Waals surface area contributed by atoms with E-state index in [2.05, 4.69) is 5.32 Å². The van der Waals surface area contributed by atoms with Crippen LogP contribution in [0.15, 0.2) is 0 Å². The summed E-state index contributed by atoms with van der Waals surface area (Å²) in [5, 5.41) is 12.7. The second-order valence-corrected chi connectivity index (χ2v) is 5.09. The molecule has 4 nitrogen and oxygen atoms in total. The highest BCUT2D eigenvalue weighted by Crippen LogP contribution is 2.34. The van der Waals surface area contributed by atoms with Crippen molar-refractivity contribution in [3.8, 4) is 0 Å². The molecule has 2 saturated heterocycles. The number of aliphatic hydroxyl groups excluding tert-OH is 1. The summed E-state index contributed by atoms with van der Waals surface area (Å²) in [5.41, 5.74) is 0.0485. The second-order valence-electron chi connectivity index (χ2n) is 5.09. The highest BCUT2D eigenvalue weighted by molar-refractivity contribution is 4.91. The van der Waals surface area contributed by atoms with Gasteiger partial charge in [-0.25, -0.2) is 0 Å². The number of ether oxygens (including phenoxy) is 2. The van der Waals surface area contributed by atoms with E-state index in [1.807, 2.05) is 6.92 Å². The van der Waals surface area contributed by atoms with Gasteiger partial charge < -0.3 is 19.9 Å². The lowest BCUT2D eigenvalue weighted by Gasteiger charge is -2.43. The highest BCUT2D eigenvalue weighted by Gasteiger charge is 2.38. The summed E-state index contributed by atoms with van der Waals surface area (Å²) in [4.78, 5) is 0. The summed E-state index contributed by atoms with van der Waals surface area (Å²) in [6.07, 6.45) is 3.87. The molecule has 2 atom stereocenters. The molecule has 2 unspecified atom stereocenters. The molecule has 0 radical (unpaired) electrons. The molecule has 94 valence electrons. The van der Waals surface area contributed by atoms with Crippen LogP contribution in [0.25, 0.3) is 0 Å². The van der Waals surface area contributed by atoms with Crippen LogP contribution in [0, 0.1) is 0 Å². The minimum absolute atomic E-state index is 0.0485. The predicted molar refractivity (Wildman–Crippen MR) is 61.4 cm³/mol. The Morgan fingerprint density at radius 2 is 2.12 bits per heavy atom.